The summed E-state index contributed by atoms with van der Waals surface area (Å²) in [5.74, 6) is 0.560. The summed E-state index contributed by atoms with van der Waals surface area (Å²) in [6.07, 6.45) is 5.57. The standard InChI is InChI=1S/C9H13.C4H10N.C2H7Si.2ClH.Zr/c1-6-5-7(2)9(4)8(6)3;1-2-3-4-5;1-3-2;;;/h6H,1-4H3;5H,2-4H2,1H3;3H,1-2H3;2*1H;/q2*-1;;;;+2. The van der Waals surface area contributed by atoms with Gasteiger partial charge < -0.3 is 5.73 Å². The largest absolute Gasteiger partial charge is 2.00 e. The van der Waals surface area contributed by atoms with Gasteiger partial charge in [-0.25, -0.2) is 5.57 Å². The van der Waals surface area contributed by atoms with Crippen LogP contribution in [0.5, 0.6) is 0 Å². The van der Waals surface area contributed by atoms with E-state index in [2.05, 4.69) is 53.8 Å². The molecule has 1 unspecified atom stereocenters. The van der Waals surface area contributed by atoms with Crippen LogP contribution in [0, 0.1) is 12.0 Å². The first-order valence-electron chi connectivity index (χ1n) is 6.62. The van der Waals surface area contributed by atoms with Crippen molar-refractivity contribution in [2.45, 2.75) is 60.6 Å². The summed E-state index contributed by atoms with van der Waals surface area (Å²) < 4.78 is 0. The molecule has 0 fully saturated rings. The molecule has 20 heavy (non-hydrogen) atoms. The van der Waals surface area contributed by atoms with Crippen LogP contribution in [0.4, 0.5) is 0 Å². The Bertz CT molecular complexity index is 254. The number of nitrogens with one attached hydrogen (secondary N) is 1. The molecule has 1 rings (SSSR count). The van der Waals surface area contributed by atoms with Gasteiger partial charge in [0.2, 0.25) is 0 Å². The third-order valence-electron chi connectivity index (χ3n) is 2.77. The molecule has 1 aliphatic rings. The average molecular weight is 417 g/mol. The van der Waals surface area contributed by atoms with Crippen molar-refractivity contribution in [1.82, 2.24) is 0 Å². The smallest absolute Gasteiger partial charge is 0.677 e. The molecule has 1 N–H and O–H groups in total. The fourth-order valence-corrected chi connectivity index (χ4v) is 1.34. The molecular weight excluding hydrogens is 384 g/mol. The van der Waals surface area contributed by atoms with E-state index in [4.69, 9.17) is 5.73 Å². The number of unbranched alkanes of at least 4 members (excludes halogenated alkanes) is 1. The van der Waals surface area contributed by atoms with Gasteiger partial charge in [-0.05, 0) is 0 Å². The van der Waals surface area contributed by atoms with E-state index in [-0.39, 0.29) is 51.0 Å². The van der Waals surface area contributed by atoms with E-state index < -0.39 is 0 Å². The zero-order valence-electron chi connectivity index (χ0n) is 14.1. The van der Waals surface area contributed by atoms with E-state index in [1.54, 1.807) is 0 Å². The van der Waals surface area contributed by atoms with Crippen LogP contribution in [0.25, 0.3) is 5.73 Å². The second kappa shape index (κ2) is 22.4. The Morgan fingerprint density at radius 2 is 1.55 bits per heavy atom. The molecule has 0 spiro atoms. The Labute approximate surface area is 161 Å². The number of rotatable bonds is 2. The van der Waals surface area contributed by atoms with Crippen LogP contribution >= 0.6 is 24.8 Å². The maximum Gasteiger partial charge on any atom is 2.00 e. The van der Waals surface area contributed by atoms with Crippen LogP contribution in [-0.4, -0.2) is 16.1 Å². The molecule has 0 aromatic carbocycles. The molecule has 0 aliphatic heterocycles. The Morgan fingerprint density at radius 1 is 1.15 bits per heavy atom. The third kappa shape index (κ3) is 17.2. The van der Waals surface area contributed by atoms with Gasteiger partial charge in [-0.1, -0.05) is 59.5 Å². The summed E-state index contributed by atoms with van der Waals surface area (Å²) in [5, 5.41) is 0. The predicted molar refractivity (Wildman–Crippen MR) is 97.4 cm³/mol. The minimum atomic E-state index is 0. The first-order chi connectivity index (χ1) is 7.95. The molecule has 0 saturated carbocycles. The van der Waals surface area contributed by atoms with E-state index in [0.717, 1.165) is 22.4 Å². The summed E-state index contributed by atoms with van der Waals surface area (Å²) in [4.78, 5) is 0. The minimum absolute atomic E-state index is 0. The van der Waals surface area contributed by atoms with Crippen molar-refractivity contribution in [2.75, 3.05) is 6.54 Å². The SMILES string of the molecule is CC1=[C-]C(C)C(C)=C1C.CCCC[NH-].C[SiH]C.Cl.Cl.[Zr+2]. The fraction of sp³-hybridized carbons (Fsp3) is 0.733. The maximum absolute atomic E-state index is 6.60. The predicted octanol–water partition coefficient (Wildman–Crippen LogP) is 5.92. The quantitative estimate of drug-likeness (QED) is 0.394. The first kappa shape index (κ1) is 32.9. The number of hydrogen-bond acceptors (Lipinski definition) is 0. The van der Waals surface area contributed by atoms with Gasteiger partial charge in [0.1, 0.15) is 0 Å². The van der Waals surface area contributed by atoms with E-state index in [1.165, 1.54) is 16.7 Å². The Balaban J connectivity index is -0.0000000601. The summed E-state index contributed by atoms with van der Waals surface area (Å²) >= 11 is 0. The van der Waals surface area contributed by atoms with Crippen LogP contribution in [-0.2, 0) is 26.2 Å². The monoisotopic (exact) mass is 414 g/mol. The Kier molecular flexibility index (Phi) is 36.9. The van der Waals surface area contributed by atoms with Gasteiger partial charge >= 0.3 is 26.2 Å². The molecule has 1 radical (unpaired) electrons. The minimum Gasteiger partial charge on any atom is -0.677 e. The van der Waals surface area contributed by atoms with E-state index >= 15 is 0 Å². The van der Waals surface area contributed by atoms with Gasteiger partial charge in [0, 0.05) is 9.52 Å². The topological polar surface area (TPSA) is 23.8 Å². The van der Waals surface area contributed by atoms with Gasteiger partial charge in [-0.2, -0.15) is 17.7 Å². The van der Waals surface area contributed by atoms with Gasteiger partial charge in [0.15, 0.2) is 0 Å². The summed E-state index contributed by atoms with van der Waals surface area (Å²) in [6, 6.07) is 0. The maximum atomic E-state index is 6.60. The molecule has 0 amide bonds. The van der Waals surface area contributed by atoms with Gasteiger partial charge in [-0.15, -0.1) is 31.7 Å². The molecule has 0 aromatic heterocycles. The van der Waals surface area contributed by atoms with Crippen LogP contribution in [0.15, 0.2) is 16.7 Å². The van der Waals surface area contributed by atoms with E-state index in [9.17, 15) is 0 Å². The number of halogens is 2. The van der Waals surface area contributed by atoms with E-state index in [1.807, 2.05) is 0 Å². The second-order valence-corrected chi connectivity index (χ2v) is 5.63. The summed E-state index contributed by atoms with van der Waals surface area (Å²) in [5.41, 5.74) is 10.8. The van der Waals surface area contributed by atoms with Crippen molar-refractivity contribution < 1.29 is 26.2 Å². The second-order valence-electron chi connectivity index (χ2n) is 4.48. The number of allylic oxidation sites excluding steroid dienone is 4. The van der Waals surface area contributed by atoms with Crippen molar-refractivity contribution >= 4 is 34.3 Å². The molecule has 5 heteroatoms. The van der Waals surface area contributed by atoms with Crippen molar-refractivity contribution in [3.05, 3.63) is 28.5 Å². The van der Waals surface area contributed by atoms with Crippen molar-refractivity contribution in [3.8, 4) is 0 Å². The zero-order valence-corrected chi connectivity index (χ0v) is 19.3. The molecule has 0 heterocycles. The van der Waals surface area contributed by atoms with Crippen LogP contribution < -0.4 is 0 Å². The molecule has 0 saturated heterocycles. The molecule has 1 nitrogen and oxygen atoms in total. The molecular formula is C15H32Cl2NSiZr. The van der Waals surface area contributed by atoms with Gasteiger partial charge in [-0.3, -0.25) is 6.08 Å². The Hall–Kier alpha value is 1.12. The summed E-state index contributed by atoms with van der Waals surface area (Å²) in [7, 11) is 0.750. The average Bonchev–Trinajstić information content (AvgIpc) is 2.49. The van der Waals surface area contributed by atoms with Crippen molar-refractivity contribution in [2.24, 2.45) is 5.92 Å². The van der Waals surface area contributed by atoms with Crippen LogP contribution in [0.3, 0.4) is 0 Å². The van der Waals surface area contributed by atoms with E-state index in [0.29, 0.717) is 12.5 Å². The van der Waals surface area contributed by atoms with Crippen molar-refractivity contribution in [1.29, 1.82) is 0 Å². The molecule has 1 atom stereocenters. The van der Waals surface area contributed by atoms with Gasteiger partial charge in [0.25, 0.3) is 0 Å². The zero-order chi connectivity index (χ0) is 13.8. The van der Waals surface area contributed by atoms with Crippen LogP contribution in [0.1, 0.15) is 47.5 Å². The van der Waals surface area contributed by atoms with Crippen molar-refractivity contribution in [3.63, 3.8) is 0 Å². The molecule has 0 aromatic rings. The fourth-order valence-electron chi connectivity index (χ4n) is 1.34. The normalized spacial score (nSPS) is 15.2. The Morgan fingerprint density at radius 3 is 1.60 bits per heavy atom. The summed E-state index contributed by atoms with van der Waals surface area (Å²) in [6.45, 7) is 15.8. The molecule has 1 aliphatic carbocycles. The first-order valence-corrected chi connectivity index (χ1v) is 8.93. The third-order valence-corrected chi connectivity index (χ3v) is 2.77. The van der Waals surface area contributed by atoms with Crippen LogP contribution in [0.2, 0.25) is 13.1 Å². The number of hydrogen-bond donors (Lipinski definition) is 0. The van der Waals surface area contributed by atoms with Gasteiger partial charge in [0.05, 0.1) is 0 Å². The molecule has 0 bridgehead atoms. The molecule has 119 valence electrons.